The minimum Gasteiger partial charge on any atom is -0.460 e. The van der Waals surface area contributed by atoms with E-state index < -0.39 is 0 Å². The summed E-state index contributed by atoms with van der Waals surface area (Å²) in [6.45, 7) is 2.75. The first-order valence-corrected chi connectivity index (χ1v) is 7.94. The van der Waals surface area contributed by atoms with Crippen molar-refractivity contribution in [2.24, 2.45) is 0 Å². The Morgan fingerprint density at radius 2 is 2.00 bits per heavy atom. The number of aryl methyl sites for hydroxylation is 1. The number of carbonyl (C=O) groups is 1. The normalized spacial score (nSPS) is 10.7. The lowest BCUT2D eigenvalue weighted by Gasteiger charge is -2.04. The quantitative estimate of drug-likeness (QED) is 0.547. The van der Waals surface area contributed by atoms with E-state index in [4.69, 9.17) is 21.1 Å². The monoisotopic (exact) mass is 337 g/mol. The molecule has 1 aromatic carbocycles. The molecule has 0 spiro atoms. The third-order valence-electron chi connectivity index (χ3n) is 3.18. The van der Waals surface area contributed by atoms with E-state index in [0.29, 0.717) is 37.8 Å². The molecule has 0 atom stereocenters. The number of alkyl halides is 1. The fraction of sp³-hybridized carbons (Fsp3) is 0.438. The summed E-state index contributed by atoms with van der Waals surface area (Å²) in [6.07, 6.45) is 0.899. The molecule has 2 aromatic rings. The molecule has 0 saturated carbocycles. The van der Waals surface area contributed by atoms with Crippen molar-refractivity contribution >= 4 is 17.5 Å². The van der Waals surface area contributed by atoms with Gasteiger partial charge in [0.25, 0.3) is 0 Å². The van der Waals surface area contributed by atoms with Gasteiger partial charge in [0.15, 0.2) is 5.82 Å². The van der Waals surface area contributed by atoms with E-state index >= 15 is 0 Å². The van der Waals surface area contributed by atoms with Crippen molar-refractivity contribution < 1.29 is 14.3 Å². The van der Waals surface area contributed by atoms with Crippen LogP contribution in [-0.2, 0) is 4.74 Å². The average molecular weight is 338 g/mol. The molecule has 0 N–H and O–H groups in total. The summed E-state index contributed by atoms with van der Waals surface area (Å²) in [7, 11) is 1.59. The van der Waals surface area contributed by atoms with Crippen LogP contribution in [-0.4, -0.2) is 46.9 Å². The number of carbonyl (C=O) groups excluding carboxylic acids is 1. The van der Waals surface area contributed by atoms with Crippen LogP contribution in [0.2, 0.25) is 0 Å². The second-order valence-corrected chi connectivity index (χ2v) is 5.40. The first kappa shape index (κ1) is 17.4. The highest BCUT2D eigenvalue weighted by Crippen LogP contribution is 2.21. The van der Waals surface area contributed by atoms with Gasteiger partial charge in [0.05, 0.1) is 6.61 Å². The molecule has 0 amide bonds. The number of hydrogen-bond donors (Lipinski definition) is 0. The summed E-state index contributed by atoms with van der Waals surface area (Å²) < 4.78 is 11.6. The highest BCUT2D eigenvalue weighted by Gasteiger charge is 2.18. The van der Waals surface area contributed by atoms with Crippen LogP contribution in [0.3, 0.4) is 0 Å². The van der Waals surface area contributed by atoms with E-state index in [-0.39, 0.29) is 11.9 Å². The maximum atomic E-state index is 12.3. The van der Waals surface area contributed by atoms with Gasteiger partial charge in [-0.15, -0.1) is 16.7 Å². The molecule has 7 heteroatoms. The molecule has 0 saturated heterocycles. The highest BCUT2D eigenvalue weighted by molar-refractivity contribution is 6.17. The fourth-order valence-electron chi connectivity index (χ4n) is 1.96. The van der Waals surface area contributed by atoms with Crippen LogP contribution < -0.4 is 4.74 Å². The zero-order valence-electron chi connectivity index (χ0n) is 13.3. The van der Waals surface area contributed by atoms with Gasteiger partial charge in [0, 0.05) is 25.0 Å². The molecule has 0 aliphatic heterocycles. The molecule has 0 fully saturated rings. The smallest absolute Gasteiger partial charge is 0.336 e. The summed E-state index contributed by atoms with van der Waals surface area (Å²) in [6, 6.07) is 7.90. The lowest BCUT2D eigenvalue weighted by molar-refractivity contribution is 0.0884. The predicted octanol–water partition coefficient (Wildman–Crippen LogP) is 2.94. The van der Waals surface area contributed by atoms with E-state index in [2.05, 4.69) is 10.1 Å². The first-order chi connectivity index (χ1) is 11.2. The Hall–Kier alpha value is -1.92. The Morgan fingerprint density at radius 3 is 2.65 bits per heavy atom. The van der Waals surface area contributed by atoms with Gasteiger partial charge < -0.3 is 9.47 Å². The Morgan fingerprint density at radius 1 is 1.26 bits per heavy atom. The maximum absolute atomic E-state index is 12.3. The topological polar surface area (TPSA) is 66.2 Å². The van der Waals surface area contributed by atoms with Gasteiger partial charge in [-0.3, -0.25) is 4.79 Å². The highest BCUT2D eigenvalue weighted by atomic mass is 35.5. The van der Waals surface area contributed by atoms with Crippen molar-refractivity contribution in [3.8, 4) is 17.4 Å². The third kappa shape index (κ3) is 4.77. The summed E-state index contributed by atoms with van der Waals surface area (Å²) in [4.78, 5) is 16.7. The van der Waals surface area contributed by atoms with Crippen molar-refractivity contribution in [3.63, 3.8) is 0 Å². The van der Waals surface area contributed by atoms with E-state index in [1.54, 1.807) is 7.11 Å². The van der Waals surface area contributed by atoms with Crippen molar-refractivity contribution in [1.82, 2.24) is 14.8 Å². The van der Waals surface area contributed by atoms with Crippen LogP contribution in [0.25, 0.3) is 11.4 Å². The van der Waals surface area contributed by atoms with Crippen molar-refractivity contribution in [3.05, 3.63) is 29.8 Å². The van der Waals surface area contributed by atoms with E-state index in [1.807, 2.05) is 31.2 Å². The maximum Gasteiger partial charge on any atom is 0.336 e. The van der Waals surface area contributed by atoms with Crippen LogP contribution in [0.5, 0.6) is 6.01 Å². The summed E-state index contributed by atoms with van der Waals surface area (Å²) in [5.41, 5.74) is 1.94. The largest absolute Gasteiger partial charge is 0.460 e. The number of nitrogens with zero attached hydrogens (tertiary/aromatic N) is 3. The molecule has 0 radical (unpaired) electrons. The molecule has 6 nitrogen and oxygen atoms in total. The second kappa shape index (κ2) is 8.64. The van der Waals surface area contributed by atoms with Crippen molar-refractivity contribution in [1.29, 1.82) is 0 Å². The number of rotatable bonds is 8. The lowest BCUT2D eigenvalue weighted by atomic mass is 10.1. The molecule has 23 heavy (non-hydrogen) atoms. The van der Waals surface area contributed by atoms with Crippen molar-refractivity contribution in [2.45, 2.75) is 19.8 Å². The van der Waals surface area contributed by atoms with Crippen molar-refractivity contribution in [2.75, 3.05) is 26.2 Å². The molecular weight excluding hydrogens is 318 g/mol. The van der Waals surface area contributed by atoms with Crippen LogP contribution in [0.15, 0.2) is 24.3 Å². The molecule has 2 rings (SSSR count). The molecule has 0 aliphatic carbocycles. The minimum absolute atomic E-state index is 0.157. The Kier molecular flexibility index (Phi) is 6.55. The number of benzene rings is 1. The third-order valence-corrected chi connectivity index (χ3v) is 3.44. The summed E-state index contributed by atoms with van der Waals surface area (Å²) >= 11 is 5.66. The Labute approximate surface area is 140 Å². The number of ether oxygens (including phenoxy) is 2. The average Bonchev–Trinajstić information content (AvgIpc) is 2.98. The molecule has 124 valence electrons. The zero-order chi connectivity index (χ0) is 16.7. The number of halogens is 1. The van der Waals surface area contributed by atoms with Gasteiger partial charge in [-0.05, 0) is 13.3 Å². The van der Waals surface area contributed by atoms with Gasteiger partial charge in [-0.2, -0.15) is 9.67 Å². The zero-order valence-corrected chi connectivity index (χ0v) is 14.0. The van der Waals surface area contributed by atoms with Crippen LogP contribution >= 0.6 is 11.6 Å². The molecular formula is C16H20ClN3O3. The Balaban J connectivity index is 2.29. The van der Waals surface area contributed by atoms with E-state index in [0.717, 1.165) is 11.1 Å². The first-order valence-electron chi connectivity index (χ1n) is 7.40. The number of methoxy groups -OCH3 is 1. The van der Waals surface area contributed by atoms with E-state index in [9.17, 15) is 4.79 Å². The van der Waals surface area contributed by atoms with Crippen LogP contribution in [0, 0.1) is 6.92 Å². The second-order valence-electron chi connectivity index (χ2n) is 5.02. The van der Waals surface area contributed by atoms with Gasteiger partial charge >= 0.3 is 6.01 Å². The molecule has 0 bridgehead atoms. The van der Waals surface area contributed by atoms with Gasteiger partial charge in [0.2, 0.25) is 5.91 Å². The van der Waals surface area contributed by atoms with Crippen LogP contribution in [0.1, 0.15) is 23.2 Å². The van der Waals surface area contributed by atoms with E-state index in [1.165, 1.54) is 4.68 Å². The predicted molar refractivity (Wildman–Crippen MR) is 88.1 cm³/mol. The number of hydrogen-bond acceptors (Lipinski definition) is 5. The SMILES string of the molecule is COCCOc1nc(-c2ccc(C)cc2)n(C(=O)CCCCl)n1. The standard InChI is InChI=1S/C16H20ClN3O3/c1-12-5-7-13(8-6-12)15-18-16(23-11-10-22-2)19-20(15)14(21)4-3-9-17/h5-8H,3-4,9-11H2,1-2H3. The van der Waals surface area contributed by atoms with Crippen LogP contribution in [0.4, 0.5) is 0 Å². The molecule has 0 aliphatic rings. The minimum atomic E-state index is -0.157. The molecule has 1 heterocycles. The molecule has 0 unspecified atom stereocenters. The molecule has 1 aromatic heterocycles. The summed E-state index contributed by atoms with van der Waals surface area (Å²) in [5.74, 6) is 0.740. The lowest BCUT2D eigenvalue weighted by Crippen LogP contribution is -2.14. The van der Waals surface area contributed by atoms with Gasteiger partial charge in [0.1, 0.15) is 6.61 Å². The number of aromatic nitrogens is 3. The van der Waals surface area contributed by atoms with Gasteiger partial charge in [-0.25, -0.2) is 0 Å². The Bertz CT molecular complexity index is 641. The van der Waals surface area contributed by atoms with Gasteiger partial charge in [-0.1, -0.05) is 29.8 Å². The fourth-order valence-corrected chi connectivity index (χ4v) is 2.09. The summed E-state index contributed by atoms with van der Waals surface area (Å²) in [5, 5.41) is 4.17.